The first-order valence-corrected chi connectivity index (χ1v) is 45.4. The van der Waals surface area contributed by atoms with Gasteiger partial charge in [0.25, 0.3) is 0 Å². The number of ether oxygens (including phenoxy) is 4. The van der Waals surface area contributed by atoms with Gasteiger partial charge in [-0.25, -0.2) is 9.13 Å². The minimum atomic E-state index is -4.96. The molecule has 101 heavy (non-hydrogen) atoms. The Morgan fingerprint density at radius 2 is 0.505 bits per heavy atom. The normalized spacial score (nSPS) is 14.5. The Morgan fingerprint density at radius 1 is 0.287 bits per heavy atom. The molecule has 19 heteroatoms. The molecule has 0 bridgehead atoms. The lowest BCUT2D eigenvalue weighted by Gasteiger charge is -2.21. The summed E-state index contributed by atoms with van der Waals surface area (Å²) >= 11 is 0. The van der Waals surface area contributed by atoms with Crippen LogP contribution in [0.3, 0.4) is 0 Å². The van der Waals surface area contributed by atoms with E-state index in [1.165, 1.54) is 231 Å². The maximum absolute atomic E-state index is 13.1. The van der Waals surface area contributed by atoms with Crippen LogP contribution in [0.15, 0.2) is 0 Å². The van der Waals surface area contributed by atoms with Crippen LogP contribution in [0.25, 0.3) is 0 Å². The topological polar surface area (TPSA) is 237 Å². The Bertz CT molecular complexity index is 1960. The number of hydrogen-bond donors (Lipinski definition) is 3. The van der Waals surface area contributed by atoms with E-state index in [0.29, 0.717) is 25.7 Å². The zero-order chi connectivity index (χ0) is 74.4. The lowest BCUT2D eigenvalue weighted by atomic mass is 9.99. The average molecular weight is 1480 g/mol. The highest BCUT2D eigenvalue weighted by Gasteiger charge is 2.30. The highest BCUT2D eigenvalue weighted by molar-refractivity contribution is 7.47. The summed E-state index contributed by atoms with van der Waals surface area (Å²) < 4.78 is 68.7. The number of phosphoric acid groups is 2. The first-order valence-electron chi connectivity index (χ1n) is 42.4. The van der Waals surface area contributed by atoms with Gasteiger partial charge < -0.3 is 33.8 Å². The molecular weight excluding hydrogens is 1320 g/mol. The zero-order valence-electron chi connectivity index (χ0n) is 66.4. The highest BCUT2D eigenvalue weighted by Crippen LogP contribution is 2.45. The lowest BCUT2D eigenvalue weighted by molar-refractivity contribution is -0.161. The molecular formula is C82H160O17P2. The molecule has 0 aliphatic rings. The van der Waals surface area contributed by atoms with Crippen molar-refractivity contribution in [3.05, 3.63) is 0 Å². The molecule has 0 aromatic rings. The van der Waals surface area contributed by atoms with Gasteiger partial charge in [0.2, 0.25) is 0 Å². The number of phosphoric ester groups is 2. The SMILES string of the molecule is CCCCCCCCCCCCCCCCC(=O)O[C@H](COC(=O)CCCCCCCCC(C)CC)COP(=O)(O)OC[C@H](O)COP(=O)(O)OC[C@@H](COC(=O)CCCCCCCCCCCCCCC(C)C)OC(=O)CCCCCCCCCCCCCCCCCCCCC(C)CC. The van der Waals surface area contributed by atoms with E-state index in [9.17, 15) is 43.2 Å². The third kappa shape index (κ3) is 73.4. The van der Waals surface area contributed by atoms with E-state index in [1.807, 2.05) is 0 Å². The molecule has 0 rings (SSSR count). The first-order chi connectivity index (χ1) is 48.8. The van der Waals surface area contributed by atoms with Crippen molar-refractivity contribution >= 4 is 39.5 Å². The van der Waals surface area contributed by atoms with Gasteiger partial charge in [-0.2, -0.15) is 0 Å². The molecule has 600 valence electrons. The zero-order valence-corrected chi connectivity index (χ0v) is 68.2. The van der Waals surface area contributed by atoms with Crippen LogP contribution in [-0.4, -0.2) is 96.7 Å². The van der Waals surface area contributed by atoms with Crippen molar-refractivity contribution in [2.45, 2.75) is 446 Å². The van der Waals surface area contributed by atoms with Gasteiger partial charge in [-0.1, -0.05) is 376 Å². The van der Waals surface area contributed by atoms with Crippen molar-refractivity contribution < 1.29 is 80.2 Å². The molecule has 0 aromatic carbocycles. The summed E-state index contributed by atoms with van der Waals surface area (Å²) in [5.74, 6) is 0.274. The fourth-order valence-electron chi connectivity index (χ4n) is 12.6. The summed E-state index contributed by atoms with van der Waals surface area (Å²) in [6, 6.07) is 0. The van der Waals surface area contributed by atoms with E-state index in [1.54, 1.807) is 0 Å². The predicted octanol–water partition coefficient (Wildman–Crippen LogP) is 24.5. The Kier molecular flexibility index (Phi) is 70.9. The fraction of sp³-hybridized carbons (Fsp3) is 0.951. The number of aliphatic hydroxyl groups excluding tert-OH is 1. The molecule has 0 fully saturated rings. The van der Waals surface area contributed by atoms with Crippen molar-refractivity contribution in [3.63, 3.8) is 0 Å². The molecule has 0 spiro atoms. The molecule has 7 atom stereocenters. The van der Waals surface area contributed by atoms with Gasteiger partial charge in [-0.15, -0.1) is 0 Å². The Hall–Kier alpha value is -1.94. The van der Waals surface area contributed by atoms with Crippen LogP contribution in [-0.2, 0) is 65.4 Å². The van der Waals surface area contributed by atoms with Gasteiger partial charge >= 0.3 is 39.5 Å². The van der Waals surface area contributed by atoms with Crippen LogP contribution in [0.5, 0.6) is 0 Å². The number of carbonyl (C=O) groups is 4. The maximum atomic E-state index is 13.1. The molecule has 3 N–H and O–H groups in total. The third-order valence-electron chi connectivity index (χ3n) is 19.9. The quantitative estimate of drug-likeness (QED) is 0.0222. The molecule has 0 saturated heterocycles. The van der Waals surface area contributed by atoms with Crippen LogP contribution in [0.4, 0.5) is 0 Å². The van der Waals surface area contributed by atoms with E-state index in [-0.39, 0.29) is 25.7 Å². The van der Waals surface area contributed by atoms with Crippen LogP contribution in [0, 0.1) is 17.8 Å². The van der Waals surface area contributed by atoms with Gasteiger partial charge in [-0.3, -0.25) is 37.3 Å². The van der Waals surface area contributed by atoms with Gasteiger partial charge in [0, 0.05) is 25.7 Å². The summed E-state index contributed by atoms with van der Waals surface area (Å²) in [7, 11) is -9.92. The molecule has 0 amide bonds. The van der Waals surface area contributed by atoms with Crippen LogP contribution in [0.1, 0.15) is 427 Å². The number of hydrogen-bond acceptors (Lipinski definition) is 15. The fourth-order valence-corrected chi connectivity index (χ4v) is 14.2. The second kappa shape index (κ2) is 72.3. The molecule has 17 nitrogen and oxygen atoms in total. The Labute approximate surface area is 619 Å². The van der Waals surface area contributed by atoms with Crippen molar-refractivity contribution in [2.24, 2.45) is 17.8 Å². The van der Waals surface area contributed by atoms with Crippen molar-refractivity contribution in [1.29, 1.82) is 0 Å². The third-order valence-corrected chi connectivity index (χ3v) is 21.8. The molecule has 4 unspecified atom stereocenters. The molecule has 0 aliphatic heterocycles. The summed E-state index contributed by atoms with van der Waals surface area (Å²) in [4.78, 5) is 73.0. The van der Waals surface area contributed by atoms with E-state index in [4.69, 9.17) is 37.0 Å². The molecule has 0 saturated carbocycles. The van der Waals surface area contributed by atoms with Crippen molar-refractivity contribution in [1.82, 2.24) is 0 Å². The summed E-state index contributed by atoms with van der Waals surface area (Å²) in [5, 5.41) is 10.6. The largest absolute Gasteiger partial charge is 0.472 e. The highest BCUT2D eigenvalue weighted by atomic mass is 31.2. The van der Waals surface area contributed by atoms with E-state index >= 15 is 0 Å². The van der Waals surface area contributed by atoms with E-state index < -0.39 is 97.5 Å². The van der Waals surface area contributed by atoms with Gasteiger partial charge in [0.15, 0.2) is 12.2 Å². The average Bonchev–Trinajstić information content (AvgIpc) is 1.09. The summed E-state index contributed by atoms with van der Waals surface area (Å²) in [6.45, 7) is 12.0. The molecule has 0 aromatic heterocycles. The number of esters is 4. The number of unbranched alkanes of at least 4 members (excludes halogenated alkanes) is 46. The molecule has 0 heterocycles. The predicted molar refractivity (Wildman–Crippen MR) is 414 cm³/mol. The smallest absolute Gasteiger partial charge is 0.462 e. The second-order valence-electron chi connectivity index (χ2n) is 30.5. The van der Waals surface area contributed by atoms with Gasteiger partial charge in [-0.05, 0) is 43.4 Å². The number of carbonyl (C=O) groups excluding carboxylic acids is 4. The minimum Gasteiger partial charge on any atom is -0.462 e. The Morgan fingerprint density at radius 3 is 0.752 bits per heavy atom. The van der Waals surface area contributed by atoms with Crippen LogP contribution >= 0.6 is 15.6 Å². The summed E-state index contributed by atoms with van der Waals surface area (Å²) in [6.07, 6.45) is 61.0. The summed E-state index contributed by atoms with van der Waals surface area (Å²) in [5.41, 5.74) is 0. The van der Waals surface area contributed by atoms with E-state index in [0.717, 1.165) is 114 Å². The molecule has 0 radical (unpaired) electrons. The first kappa shape index (κ1) is 99.1. The van der Waals surface area contributed by atoms with Crippen molar-refractivity contribution in [2.75, 3.05) is 39.6 Å². The van der Waals surface area contributed by atoms with Crippen LogP contribution < -0.4 is 0 Å². The van der Waals surface area contributed by atoms with Gasteiger partial charge in [0.05, 0.1) is 26.4 Å². The standard InChI is InChI=1S/C82H160O17P2/c1-8-11-12-13-14-15-16-17-25-32-37-42-51-58-65-82(87)99-78(70-93-80(85)64-57-50-45-44-48-55-62-75(7)10-3)72-97-101(90,91)95-68-76(83)67-94-100(88,89)96-71-77(69-92-79(84)63-56-49-41-36-31-28-27-29-34-39-46-53-60-73(4)5)98-81(86)66-59-52-43-38-33-26-23-21-19-18-20-22-24-30-35-40-47-54-61-74(6)9-2/h73-78,83H,8-72H2,1-7H3,(H,88,89)(H,90,91)/t74?,75?,76-,77-,78-/m1/s1. The number of rotatable bonds is 80. The lowest BCUT2D eigenvalue weighted by Crippen LogP contribution is -2.30. The Balaban J connectivity index is 5.22. The second-order valence-corrected chi connectivity index (χ2v) is 33.4. The van der Waals surface area contributed by atoms with Gasteiger partial charge in [0.1, 0.15) is 19.3 Å². The van der Waals surface area contributed by atoms with Crippen molar-refractivity contribution in [3.8, 4) is 0 Å². The number of aliphatic hydroxyl groups is 1. The van der Waals surface area contributed by atoms with E-state index in [2.05, 4.69) is 48.5 Å². The monoisotopic (exact) mass is 1480 g/mol. The maximum Gasteiger partial charge on any atom is 0.472 e. The molecule has 0 aliphatic carbocycles. The minimum absolute atomic E-state index is 0.107. The van der Waals surface area contributed by atoms with Crippen LogP contribution in [0.2, 0.25) is 0 Å².